The van der Waals surface area contributed by atoms with E-state index < -0.39 is 0 Å². The van der Waals surface area contributed by atoms with Crippen LogP contribution in [0.3, 0.4) is 0 Å². The van der Waals surface area contributed by atoms with Gasteiger partial charge >= 0.3 is 0 Å². The van der Waals surface area contributed by atoms with Gasteiger partial charge in [-0.1, -0.05) is 6.07 Å². The van der Waals surface area contributed by atoms with Crippen LogP contribution in [0.15, 0.2) is 24.3 Å². The summed E-state index contributed by atoms with van der Waals surface area (Å²) in [4.78, 5) is 15.5. The van der Waals surface area contributed by atoms with Crippen LogP contribution in [0.25, 0.3) is 0 Å². The second-order valence-electron chi connectivity index (χ2n) is 4.45. The molecule has 0 aromatic heterocycles. The Labute approximate surface area is 114 Å². The smallest absolute Gasteiger partial charge is 0.241 e. The first-order valence-corrected chi connectivity index (χ1v) is 6.53. The summed E-state index contributed by atoms with van der Waals surface area (Å²) in [5.41, 5.74) is 6.22. The van der Waals surface area contributed by atoms with E-state index in [2.05, 4.69) is 0 Å². The van der Waals surface area contributed by atoms with E-state index in [4.69, 9.17) is 5.73 Å². The summed E-state index contributed by atoms with van der Waals surface area (Å²) in [5.74, 6) is -0.282. The molecule has 0 saturated heterocycles. The third-order valence-corrected chi connectivity index (χ3v) is 3.03. The van der Waals surface area contributed by atoms with Crippen LogP contribution in [-0.2, 0) is 4.79 Å². The maximum absolute atomic E-state index is 13.3. The van der Waals surface area contributed by atoms with Crippen molar-refractivity contribution >= 4 is 11.6 Å². The molecule has 0 atom stereocenters. The van der Waals surface area contributed by atoms with E-state index in [1.54, 1.807) is 24.1 Å². The molecule has 106 valence electrons. The van der Waals surface area contributed by atoms with Gasteiger partial charge in [0.2, 0.25) is 5.91 Å². The minimum Gasteiger partial charge on any atom is -0.362 e. The Kier molecular flexibility index (Phi) is 6.29. The number of halogens is 1. The highest BCUT2D eigenvalue weighted by atomic mass is 19.1. The summed E-state index contributed by atoms with van der Waals surface area (Å²) in [5, 5.41) is 0. The molecule has 0 radical (unpaired) electrons. The average molecular weight is 267 g/mol. The number of nitrogens with zero attached hydrogens (tertiary/aromatic N) is 2. The molecule has 1 aromatic carbocycles. The Balaban J connectivity index is 2.79. The van der Waals surface area contributed by atoms with Crippen LogP contribution < -0.4 is 10.6 Å². The predicted octanol–water partition coefficient (Wildman–Crippen LogP) is 1.46. The van der Waals surface area contributed by atoms with Crippen LogP contribution in [0.4, 0.5) is 10.1 Å². The summed E-state index contributed by atoms with van der Waals surface area (Å²) in [6, 6.07) is 6.29. The summed E-state index contributed by atoms with van der Waals surface area (Å²) < 4.78 is 13.3. The van der Waals surface area contributed by atoms with Crippen LogP contribution in [0.1, 0.15) is 13.3 Å². The normalized spacial score (nSPS) is 10.3. The lowest BCUT2D eigenvalue weighted by molar-refractivity contribution is -0.128. The molecule has 19 heavy (non-hydrogen) atoms. The number of benzene rings is 1. The molecule has 0 aliphatic carbocycles. The predicted molar refractivity (Wildman–Crippen MR) is 75.6 cm³/mol. The van der Waals surface area contributed by atoms with Crippen molar-refractivity contribution in [2.75, 3.05) is 38.1 Å². The van der Waals surface area contributed by atoms with Gasteiger partial charge in [-0.3, -0.25) is 4.79 Å². The fourth-order valence-corrected chi connectivity index (χ4v) is 1.71. The van der Waals surface area contributed by atoms with Crippen molar-refractivity contribution in [2.24, 2.45) is 5.73 Å². The van der Waals surface area contributed by atoms with E-state index in [-0.39, 0.29) is 18.3 Å². The van der Waals surface area contributed by atoms with Crippen molar-refractivity contribution in [1.82, 2.24) is 4.90 Å². The molecule has 0 unspecified atom stereocenters. The van der Waals surface area contributed by atoms with Gasteiger partial charge in [-0.15, -0.1) is 0 Å². The molecule has 0 spiro atoms. The van der Waals surface area contributed by atoms with E-state index in [1.807, 2.05) is 11.8 Å². The first kappa shape index (κ1) is 15.4. The quantitative estimate of drug-likeness (QED) is 0.813. The van der Waals surface area contributed by atoms with Crippen molar-refractivity contribution in [1.29, 1.82) is 0 Å². The maximum atomic E-state index is 13.3. The Morgan fingerprint density at radius 3 is 2.74 bits per heavy atom. The Hall–Kier alpha value is -1.62. The monoisotopic (exact) mass is 267 g/mol. The fourth-order valence-electron chi connectivity index (χ4n) is 1.71. The van der Waals surface area contributed by atoms with Gasteiger partial charge in [0.1, 0.15) is 5.82 Å². The molecule has 0 saturated carbocycles. The van der Waals surface area contributed by atoms with Gasteiger partial charge in [0.25, 0.3) is 0 Å². The SMILES string of the molecule is CCN(C)C(=O)CN(CCCN)c1cccc(F)c1. The van der Waals surface area contributed by atoms with Gasteiger partial charge in [0.05, 0.1) is 6.54 Å². The van der Waals surface area contributed by atoms with E-state index in [0.29, 0.717) is 25.3 Å². The molecule has 0 heterocycles. The molecule has 1 rings (SSSR count). The zero-order valence-corrected chi connectivity index (χ0v) is 11.6. The topological polar surface area (TPSA) is 49.6 Å². The molecular weight excluding hydrogens is 245 g/mol. The number of carbonyl (C=O) groups is 1. The van der Waals surface area contributed by atoms with Gasteiger partial charge < -0.3 is 15.5 Å². The molecule has 5 heteroatoms. The molecule has 0 aliphatic rings. The highest BCUT2D eigenvalue weighted by Gasteiger charge is 2.14. The van der Waals surface area contributed by atoms with Crippen molar-refractivity contribution in [3.8, 4) is 0 Å². The summed E-state index contributed by atoms with van der Waals surface area (Å²) in [6.45, 7) is 4.01. The van der Waals surface area contributed by atoms with E-state index in [1.165, 1.54) is 12.1 Å². The molecule has 1 amide bonds. The van der Waals surface area contributed by atoms with Crippen LogP contribution in [0.2, 0.25) is 0 Å². The zero-order valence-electron chi connectivity index (χ0n) is 11.6. The van der Waals surface area contributed by atoms with Gasteiger partial charge in [0.15, 0.2) is 0 Å². The van der Waals surface area contributed by atoms with Crippen molar-refractivity contribution < 1.29 is 9.18 Å². The number of hydrogen-bond acceptors (Lipinski definition) is 3. The second kappa shape index (κ2) is 7.74. The Morgan fingerprint density at radius 2 is 2.16 bits per heavy atom. The van der Waals surface area contributed by atoms with Crippen LogP contribution >= 0.6 is 0 Å². The molecule has 0 bridgehead atoms. The lowest BCUT2D eigenvalue weighted by atomic mass is 10.2. The Morgan fingerprint density at radius 1 is 1.42 bits per heavy atom. The lowest BCUT2D eigenvalue weighted by Gasteiger charge is -2.26. The van der Waals surface area contributed by atoms with E-state index in [0.717, 1.165) is 6.42 Å². The number of carbonyl (C=O) groups excluding carboxylic acids is 1. The zero-order chi connectivity index (χ0) is 14.3. The average Bonchev–Trinajstić information content (AvgIpc) is 2.42. The fraction of sp³-hybridized carbons (Fsp3) is 0.500. The summed E-state index contributed by atoms with van der Waals surface area (Å²) in [6.07, 6.45) is 0.764. The third-order valence-electron chi connectivity index (χ3n) is 3.03. The minimum atomic E-state index is -0.299. The van der Waals surface area contributed by atoms with Gasteiger partial charge in [-0.05, 0) is 38.1 Å². The molecule has 4 nitrogen and oxygen atoms in total. The number of nitrogens with two attached hydrogens (primary N) is 1. The summed E-state index contributed by atoms with van der Waals surface area (Å²) in [7, 11) is 1.76. The van der Waals surface area contributed by atoms with Crippen LogP contribution in [0, 0.1) is 5.82 Å². The molecule has 1 aromatic rings. The van der Waals surface area contributed by atoms with Crippen LogP contribution in [-0.4, -0.2) is 44.0 Å². The van der Waals surface area contributed by atoms with Crippen molar-refractivity contribution in [3.63, 3.8) is 0 Å². The molecule has 0 fully saturated rings. The molecule has 0 aliphatic heterocycles. The molecule has 2 N–H and O–H groups in total. The van der Waals surface area contributed by atoms with E-state index >= 15 is 0 Å². The van der Waals surface area contributed by atoms with E-state index in [9.17, 15) is 9.18 Å². The van der Waals surface area contributed by atoms with Gasteiger partial charge in [-0.25, -0.2) is 4.39 Å². The Bertz CT molecular complexity index is 411. The first-order valence-electron chi connectivity index (χ1n) is 6.53. The lowest BCUT2D eigenvalue weighted by Crippen LogP contribution is -2.39. The summed E-state index contributed by atoms with van der Waals surface area (Å²) >= 11 is 0. The number of hydrogen-bond donors (Lipinski definition) is 1. The second-order valence-corrected chi connectivity index (χ2v) is 4.45. The largest absolute Gasteiger partial charge is 0.362 e. The number of likely N-dealkylation sites (N-methyl/N-ethyl adjacent to an activating group) is 1. The first-order chi connectivity index (χ1) is 9.08. The van der Waals surface area contributed by atoms with Crippen LogP contribution in [0.5, 0.6) is 0 Å². The number of anilines is 1. The van der Waals surface area contributed by atoms with Gasteiger partial charge in [-0.2, -0.15) is 0 Å². The van der Waals surface area contributed by atoms with Crippen molar-refractivity contribution in [3.05, 3.63) is 30.1 Å². The molecular formula is C14H22FN3O. The number of rotatable bonds is 7. The van der Waals surface area contributed by atoms with Crippen molar-refractivity contribution in [2.45, 2.75) is 13.3 Å². The third kappa shape index (κ3) is 4.87. The highest BCUT2D eigenvalue weighted by molar-refractivity contribution is 5.81. The minimum absolute atomic E-state index is 0.0174. The number of amides is 1. The highest BCUT2D eigenvalue weighted by Crippen LogP contribution is 2.16. The maximum Gasteiger partial charge on any atom is 0.241 e. The standard InChI is InChI=1S/C14H22FN3O/c1-3-17(2)14(19)11-18(9-5-8-16)13-7-4-6-12(15)10-13/h4,6-7,10H,3,5,8-9,11,16H2,1-2H3. The van der Waals surface area contributed by atoms with Gasteiger partial charge in [0, 0.05) is 25.8 Å².